The Bertz CT molecular complexity index is 598. The molecule has 8 heteroatoms. The van der Waals surface area contributed by atoms with Crippen LogP contribution in [-0.2, 0) is 30.9 Å². The smallest absolute Gasteiger partial charge is 1.00 e. The molecule has 3 rings (SSSR count). The standard InChI is InChI=1S/C9H5OSi.C8H21OSi2.2ClH.Ti/c10-6-3-1-2-5-4-7-9(11-7)8(5)6;1-10(2,3)8-7-9-11(4,5)6;;;/h1-3H,11H2;1,7-8H2,2-6H3;2*1H;/q2*-1;;;+4/p-2. The van der Waals surface area contributed by atoms with E-state index in [9.17, 15) is 4.79 Å². The van der Waals surface area contributed by atoms with Crippen molar-refractivity contribution in [3.05, 3.63) is 52.4 Å². The van der Waals surface area contributed by atoms with Gasteiger partial charge in [0, 0.05) is 16.1 Å². The molecule has 0 atom stereocenters. The van der Waals surface area contributed by atoms with E-state index < -0.39 is 16.4 Å². The molecule has 1 aliphatic heterocycles. The van der Waals surface area contributed by atoms with Gasteiger partial charge in [0.25, 0.3) is 0 Å². The average Bonchev–Trinajstić information content (AvgIpc) is 2.97. The fourth-order valence-electron chi connectivity index (χ4n) is 2.23. The maximum absolute atomic E-state index is 11.3. The molecule has 0 radical (unpaired) electrons. The molecule has 0 aromatic carbocycles. The predicted molar refractivity (Wildman–Crippen MR) is 102 cm³/mol. The van der Waals surface area contributed by atoms with Crippen molar-refractivity contribution in [1.29, 1.82) is 0 Å². The van der Waals surface area contributed by atoms with Crippen LogP contribution in [0.2, 0.25) is 38.8 Å². The molecule has 2 nitrogen and oxygen atoms in total. The molecular weight excluding hydrogens is 439 g/mol. The predicted octanol–water partition coefficient (Wildman–Crippen LogP) is -2.89. The van der Waals surface area contributed by atoms with Crippen molar-refractivity contribution in [1.82, 2.24) is 0 Å². The Kier molecular flexibility index (Phi) is 11.9. The Morgan fingerprint density at radius 2 is 1.80 bits per heavy atom. The summed E-state index contributed by atoms with van der Waals surface area (Å²) in [6.45, 7) is 16.3. The summed E-state index contributed by atoms with van der Waals surface area (Å²) in [6, 6.07) is 1.19. The van der Waals surface area contributed by atoms with E-state index in [2.05, 4.69) is 45.4 Å². The zero-order valence-corrected chi connectivity index (χ0v) is 22.1. The summed E-state index contributed by atoms with van der Waals surface area (Å²) in [5.74, 6) is 0.185. The van der Waals surface area contributed by atoms with Crippen LogP contribution in [0.4, 0.5) is 0 Å². The Morgan fingerprint density at radius 1 is 1.20 bits per heavy atom. The first-order chi connectivity index (χ1) is 10.1. The molecule has 0 bridgehead atoms. The van der Waals surface area contributed by atoms with Gasteiger partial charge in [-0.15, -0.1) is 23.8 Å². The van der Waals surface area contributed by atoms with Crippen LogP contribution in [0.15, 0.2) is 39.8 Å². The minimum Gasteiger partial charge on any atom is -1.00 e. The van der Waals surface area contributed by atoms with Crippen molar-refractivity contribution in [2.45, 2.75) is 38.8 Å². The third kappa shape index (κ3) is 9.33. The van der Waals surface area contributed by atoms with Crippen molar-refractivity contribution in [3.63, 3.8) is 0 Å². The maximum Gasteiger partial charge on any atom is 4.00 e. The first-order valence-corrected chi connectivity index (χ1v) is 16.1. The van der Waals surface area contributed by atoms with E-state index in [-0.39, 0.29) is 61.8 Å². The van der Waals surface area contributed by atoms with Crippen LogP contribution in [0.25, 0.3) is 0 Å². The number of ketones is 1. The van der Waals surface area contributed by atoms with Crippen molar-refractivity contribution in [3.8, 4) is 0 Å². The summed E-state index contributed by atoms with van der Waals surface area (Å²) < 4.78 is 5.74. The summed E-state index contributed by atoms with van der Waals surface area (Å²) >= 11 is 0. The van der Waals surface area contributed by atoms with Crippen molar-refractivity contribution < 1.29 is 55.8 Å². The molecule has 25 heavy (non-hydrogen) atoms. The molecule has 136 valence electrons. The molecule has 3 aliphatic rings. The summed E-state index contributed by atoms with van der Waals surface area (Å²) in [5.41, 5.74) is 2.00. The molecule has 0 amide bonds. The normalized spacial score (nSPS) is 17.8. The van der Waals surface area contributed by atoms with Crippen LogP contribution in [0.5, 0.6) is 0 Å². The quantitative estimate of drug-likeness (QED) is 0.330. The monoisotopic (exact) mass is 464 g/mol. The van der Waals surface area contributed by atoms with E-state index in [0.29, 0.717) is 0 Å². The second-order valence-electron chi connectivity index (χ2n) is 7.81. The van der Waals surface area contributed by atoms with E-state index in [4.69, 9.17) is 4.43 Å². The van der Waals surface area contributed by atoms with Crippen LogP contribution < -0.4 is 24.8 Å². The van der Waals surface area contributed by atoms with Gasteiger partial charge in [-0.3, -0.25) is 0 Å². The summed E-state index contributed by atoms with van der Waals surface area (Å²) in [4.78, 5) is 11.3. The largest absolute Gasteiger partial charge is 4.00 e. The number of carbonyl (C=O) groups is 1. The Labute approximate surface area is 184 Å². The van der Waals surface area contributed by atoms with Gasteiger partial charge in [-0.2, -0.15) is 10.4 Å². The third-order valence-electron chi connectivity index (χ3n) is 3.52. The van der Waals surface area contributed by atoms with Gasteiger partial charge >= 0.3 is 21.7 Å². The number of hydrogen-bond donors (Lipinski definition) is 0. The third-order valence-corrected chi connectivity index (χ3v) is 7.74. The molecule has 2 aliphatic carbocycles. The van der Waals surface area contributed by atoms with Gasteiger partial charge in [0.15, 0.2) is 8.32 Å². The van der Waals surface area contributed by atoms with Gasteiger partial charge in [0.1, 0.15) is 5.78 Å². The molecule has 1 heterocycles. The molecule has 0 N–H and O–H groups in total. The number of rotatable bonds is 4. The summed E-state index contributed by atoms with van der Waals surface area (Å²) in [5, 5.41) is 2.74. The minimum atomic E-state index is -1.26. The molecule has 0 spiro atoms. The first-order valence-electron chi connectivity index (χ1n) is 7.86. The van der Waals surface area contributed by atoms with E-state index >= 15 is 0 Å². The fraction of sp³-hybridized carbons (Fsp3) is 0.412. The Balaban J connectivity index is 0. The molecular formula is C17H26Cl2O2Si3Ti. The van der Waals surface area contributed by atoms with E-state index in [0.717, 1.165) is 17.8 Å². The van der Waals surface area contributed by atoms with Crippen LogP contribution in [0.1, 0.15) is 0 Å². The zero-order chi connectivity index (χ0) is 16.5. The fourth-order valence-corrected chi connectivity index (χ4v) is 5.16. The average molecular weight is 465 g/mol. The Hall–Kier alpha value is 0.535. The summed E-state index contributed by atoms with van der Waals surface area (Å²) in [6.07, 6.45) is 8.67. The SMILES string of the molecule is O=C1C=CC=C2[C-]=C3[SiH2]C3=C12.[CH2-][Si](C)(C)CCO[Si](C)(C)C.[Cl-].[Cl-].[Ti+4]. The van der Waals surface area contributed by atoms with Gasteiger partial charge in [-0.05, 0) is 25.7 Å². The topological polar surface area (TPSA) is 26.3 Å². The van der Waals surface area contributed by atoms with Gasteiger partial charge < -0.3 is 40.6 Å². The van der Waals surface area contributed by atoms with Crippen LogP contribution in [0, 0.1) is 12.6 Å². The zero-order valence-electron chi connectivity index (χ0n) is 15.6. The maximum atomic E-state index is 11.3. The first kappa shape index (κ1) is 27.8. The second kappa shape index (κ2) is 10.8. The van der Waals surface area contributed by atoms with Crippen LogP contribution >= 0.6 is 0 Å². The van der Waals surface area contributed by atoms with E-state index in [1.807, 2.05) is 12.2 Å². The van der Waals surface area contributed by atoms with Gasteiger partial charge in [0.05, 0.1) is 0 Å². The molecule has 1 saturated heterocycles. The van der Waals surface area contributed by atoms with Crippen molar-refractivity contribution in [2.24, 2.45) is 0 Å². The van der Waals surface area contributed by atoms with Crippen LogP contribution in [0.3, 0.4) is 0 Å². The van der Waals surface area contributed by atoms with Crippen molar-refractivity contribution in [2.75, 3.05) is 6.61 Å². The molecule has 0 saturated carbocycles. The number of halogens is 2. The van der Waals surface area contributed by atoms with Gasteiger partial charge in [0.2, 0.25) is 0 Å². The van der Waals surface area contributed by atoms with Gasteiger partial charge in [-0.1, -0.05) is 32.8 Å². The molecule has 0 aromatic heterocycles. The van der Waals surface area contributed by atoms with Crippen molar-refractivity contribution >= 4 is 31.7 Å². The number of allylic oxidation sites excluding steroid dienone is 8. The Morgan fingerprint density at radius 3 is 2.28 bits per heavy atom. The van der Waals surface area contributed by atoms with E-state index in [1.165, 1.54) is 16.4 Å². The minimum absolute atomic E-state index is 0. The molecule has 0 unspecified atom stereocenters. The summed E-state index contributed by atoms with van der Waals surface area (Å²) in [7, 11) is -2.49. The number of hydrogen-bond acceptors (Lipinski definition) is 2. The number of carbonyl (C=O) groups excluding carboxylic acids is 1. The molecule has 1 fully saturated rings. The second-order valence-corrected chi connectivity index (χ2v) is 18.9. The van der Waals surface area contributed by atoms with E-state index in [1.54, 1.807) is 6.08 Å². The van der Waals surface area contributed by atoms with Crippen LogP contribution in [-0.4, -0.2) is 38.3 Å². The molecule has 0 aromatic rings. The number of fused-ring (bicyclic) bond motifs is 2. The van der Waals surface area contributed by atoms with Gasteiger partial charge in [-0.25, -0.2) is 0 Å².